The van der Waals surface area contributed by atoms with Crippen LogP contribution in [0.3, 0.4) is 0 Å². The fourth-order valence-electron chi connectivity index (χ4n) is 3.14. The lowest BCUT2D eigenvalue weighted by atomic mass is 10.0. The minimum atomic E-state index is -3.71. The Morgan fingerprint density at radius 2 is 1.88 bits per heavy atom. The summed E-state index contributed by atoms with van der Waals surface area (Å²) in [5, 5.41) is 10.1. The molecule has 0 aliphatic carbocycles. The van der Waals surface area contributed by atoms with E-state index in [1.165, 1.54) is 4.31 Å². The van der Waals surface area contributed by atoms with Gasteiger partial charge >= 0.3 is 0 Å². The van der Waals surface area contributed by atoms with Gasteiger partial charge in [0.2, 0.25) is 0 Å². The lowest BCUT2D eigenvalue weighted by Gasteiger charge is -2.33. The Kier molecular flexibility index (Phi) is 4.27. The van der Waals surface area contributed by atoms with E-state index in [0.29, 0.717) is 29.0 Å². The van der Waals surface area contributed by atoms with Crippen molar-refractivity contribution >= 4 is 15.7 Å². The predicted molar refractivity (Wildman–Crippen MR) is 93.0 cm³/mol. The van der Waals surface area contributed by atoms with Crippen molar-refractivity contribution in [3.05, 3.63) is 53.1 Å². The summed E-state index contributed by atoms with van der Waals surface area (Å²) in [6.45, 7) is 3.84. The van der Waals surface area contributed by atoms with Crippen molar-refractivity contribution in [2.75, 3.05) is 18.0 Å². The summed E-state index contributed by atoms with van der Waals surface area (Å²) < 4.78 is 33.1. The summed E-state index contributed by atoms with van der Waals surface area (Å²) in [5.41, 5.74) is 2.60. The molecule has 0 saturated carbocycles. The average molecular weight is 347 g/mol. The largest absolute Gasteiger partial charge is 0.496 e. The number of aliphatic hydroxyl groups is 1. The van der Waals surface area contributed by atoms with E-state index in [1.807, 2.05) is 6.92 Å². The number of rotatable bonds is 3. The number of para-hydroxylation sites is 1. The van der Waals surface area contributed by atoms with Crippen molar-refractivity contribution in [3.8, 4) is 5.75 Å². The Morgan fingerprint density at radius 1 is 1.17 bits per heavy atom. The van der Waals surface area contributed by atoms with E-state index in [2.05, 4.69) is 0 Å². The summed E-state index contributed by atoms with van der Waals surface area (Å²) in [4.78, 5) is 0.270. The average Bonchev–Trinajstić information content (AvgIpc) is 2.56. The third kappa shape index (κ3) is 2.65. The smallest absolute Gasteiger partial charge is 0.264 e. The molecule has 0 bridgehead atoms. The van der Waals surface area contributed by atoms with Crippen molar-refractivity contribution in [3.63, 3.8) is 0 Å². The van der Waals surface area contributed by atoms with E-state index in [1.54, 1.807) is 50.4 Å². The topological polar surface area (TPSA) is 66.8 Å². The highest BCUT2D eigenvalue weighted by atomic mass is 32.2. The molecule has 128 valence electrons. The number of nitrogens with zero attached hydrogens (tertiary/aromatic N) is 1. The second-order valence-electron chi connectivity index (χ2n) is 6.03. The Bertz CT molecular complexity index is 877. The molecule has 1 unspecified atom stereocenters. The van der Waals surface area contributed by atoms with Crippen LogP contribution >= 0.6 is 0 Å². The van der Waals surface area contributed by atoms with Gasteiger partial charge in [0.05, 0.1) is 23.8 Å². The highest BCUT2D eigenvalue weighted by molar-refractivity contribution is 7.92. The summed E-state index contributed by atoms with van der Waals surface area (Å²) in [6.07, 6.45) is -0.254. The number of benzene rings is 2. The molecule has 0 radical (unpaired) electrons. The van der Waals surface area contributed by atoms with Gasteiger partial charge in [-0.25, -0.2) is 8.42 Å². The molecule has 0 spiro atoms. The SMILES string of the molecule is COc1cc(C)c(S(=O)(=O)N2CCC(O)c3ccccc32)cc1C. The molecule has 0 amide bonds. The number of fused-ring (bicyclic) bond motifs is 1. The van der Waals surface area contributed by atoms with Gasteiger partial charge in [-0.15, -0.1) is 0 Å². The van der Waals surface area contributed by atoms with Crippen molar-refractivity contribution in [1.29, 1.82) is 0 Å². The van der Waals surface area contributed by atoms with Gasteiger partial charge in [-0.05, 0) is 49.6 Å². The van der Waals surface area contributed by atoms with Crippen LogP contribution < -0.4 is 9.04 Å². The summed E-state index contributed by atoms with van der Waals surface area (Å²) >= 11 is 0. The second-order valence-corrected chi connectivity index (χ2v) is 7.86. The van der Waals surface area contributed by atoms with Crippen LogP contribution in [-0.4, -0.2) is 27.2 Å². The second kappa shape index (κ2) is 6.11. The van der Waals surface area contributed by atoms with Crippen LogP contribution in [0.5, 0.6) is 5.75 Å². The lowest BCUT2D eigenvalue weighted by molar-refractivity contribution is 0.166. The molecular weight excluding hydrogens is 326 g/mol. The molecule has 1 N–H and O–H groups in total. The molecule has 2 aromatic carbocycles. The van der Waals surface area contributed by atoms with Crippen LogP contribution in [0.2, 0.25) is 0 Å². The van der Waals surface area contributed by atoms with Crippen LogP contribution in [-0.2, 0) is 10.0 Å². The Labute approximate surface area is 142 Å². The van der Waals surface area contributed by atoms with E-state index >= 15 is 0 Å². The molecule has 6 heteroatoms. The van der Waals surface area contributed by atoms with Crippen molar-refractivity contribution < 1.29 is 18.3 Å². The first-order valence-electron chi connectivity index (χ1n) is 7.81. The first-order valence-corrected chi connectivity index (χ1v) is 9.25. The highest BCUT2D eigenvalue weighted by Gasteiger charge is 2.33. The van der Waals surface area contributed by atoms with Crippen molar-refractivity contribution in [2.45, 2.75) is 31.3 Å². The van der Waals surface area contributed by atoms with Gasteiger partial charge in [0.15, 0.2) is 0 Å². The highest BCUT2D eigenvalue weighted by Crippen LogP contribution is 2.38. The molecule has 0 fully saturated rings. The van der Waals surface area contributed by atoms with Gasteiger partial charge in [0.25, 0.3) is 10.0 Å². The first kappa shape index (κ1) is 16.8. The van der Waals surface area contributed by atoms with E-state index in [4.69, 9.17) is 4.74 Å². The summed E-state index contributed by atoms with van der Waals surface area (Å²) in [6, 6.07) is 10.5. The van der Waals surface area contributed by atoms with Crippen LogP contribution in [0.4, 0.5) is 5.69 Å². The molecule has 1 heterocycles. The normalized spacial score (nSPS) is 17.5. The lowest BCUT2D eigenvalue weighted by Crippen LogP contribution is -2.37. The maximum atomic E-state index is 13.2. The minimum absolute atomic E-state index is 0.255. The Morgan fingerprint density at radius 3 is 2.58 bits per heavy atom. The summed E-state index contributed by atoms with van der Waals surface area (Å²) in [5.74, 6) is 0.668. The number of hydrogen-bond acceptors (Lipinski definition) is 4. The zero-order valence-corrected chi connectivity index (χ0v) is 14.8. The number of aryl methyl sites for hydroxylation is 2. The van der Waals surface area contributed by atoms with Crippen LogP contribution in [0.25, 0.3) is 0 Å². The number of sulfonamides is 1. The van der Waals surface area contributed by atoms with Crippen LogP contribution in [0.15, 0.2) is 41.3 Å². The molecular formula is C18H21NO4S. The fraction of sp³-hybridized carbons (Fsp3) is 0.333. The summed E-state index contributed by atoms with van der Waals surface area (Å²) in [7, 11) is -2.14. The molecule has 1 aliphatic heterocycles. The molecule has 1 atom stereocenters. The van der Waals surface area contributed by atoms with Gasteiger partial charge in [-0.2, -0.15) is 0 Å². The number of anilines is 1. The van der Waals surface area contributed by atoms with E-state index < -0.39 is 16.1 Å². The molecule has 24 heavy (non-hydrogen) atoms. The van der Waals surface area contributed by atoms with Gasteiger partial charge in [-0.1, -0.05) is 18.2 Å². The van der Waals surface area contributed by atoms with Gasteiger partial charge in [0, 0.05) is 12.1 Å². The zero-order valence-electron chi connectivity index (χ0n) is 14.0. The number of hydrogen-bond donors (Lipinski definition) is 1. The number of methoxy groups -OCH3 is 1. The molecule has 3 rings (SSSR count). The predicted octanol–water partition coefficient (Wildman–Crippen LogP) is 2.94. The van der Waals surface area contributed by atoms with Gasteiger partial charge in [-0.3, -0.25) is 4.31 Å². The Balaban J connectivity index is 2.13. The molecule has 5 nitrogen and oxygen atoms in total. The monoisotopic (exact) mass is 347 g/mol. The standard InChI is InChI=1S/C18H21NO4S/c1-12-11-18(13(2)10-17(12)23-3)24(21,22)19-9-8-16(20)14-6-4-5-7-15(14)19/h4-7,10-11,16,20H,8-9H2,1-3H3. The number of aliphatic hydroxyl groups excluding tert-OH is 1. The van der Waals surface area contributed by atoms with E-state index in [0.717, 1.165) is 5.56 Å². The Hall–Kier alpha value is -2.05. The van der Waals surface area contributed by atoms with Crippen molar-refractivity contribution in [2.24, 2.45) is 0 Å². The first-order chi connectivity index (χ1) is 11.4. The van der Waals surface area contributed by atoms with Gasteiger partial charge in [0.1, 0.15) is 5.75 Å². The molecule has 0 saturated heterocycles. The number of ether oxygens (including phenoxy) is 1. The quantitative estimate of drug-likeness (QED) is 0.927. The van der Waals surface area contributed by atoms with E-state index in [-0.39, 0.29) is 11.4 Å². The van der Waals surface area contributed by atoms with E-state index in [9.17, 15) is 13.5 Å². The molecule has 0 aromatic heterocycles. The maximum absolute atomic E-state index is 13.2. The third-order valence-corrected chi connectivity index (χ3v) is 6.39. The van der Waals surface area contributed by atoms with Crippen LogP contribution in [0, 0.1) is 13.8 Å². The van der Waals surface area contributed by atoms with Crippen LogP contribution in [0.1, 0.15) is 29.2 Å². The molecule has 1 aliphatic rings. The third-order valence-electron chi connectivity index (χ3n) is 4.43. The maximum Gasteiger partial charge on any atom is 0.264 e. The minimum Gasteiger partial charge on any atom is -0.496 e. The van der Waals surface area contributed by atoms with Gasteiger partial charge < -0.3 is 9.84 Å². The zero-order chi connectivity index (χ0) is 17.5. The molecule has 2 aromatic rings. The fourth-order valence-corrected chi connectivity index (χ4v) is 4.94. The van der Waals surface area contributed by atoms with Crippen molar-refractivity contribution in [1.82, 2.24) is 0 Å².